The molecule has 0 spiro atoms. The predicted octanol–water partition coefficient (Wildman–Crippen LogP) is 3.34. The number of hydrogen-bond donors (Lipinski definition) is 3. The summed E-state index contributed by atoms with van der Waals surface area (Å²) in [6, 6.07) is 15.9. The molecule has 26 heavy (non-hydrogen) atoms. The van der Waals surface area contributed by atoms with E-state index in [2.05, 4.69) is 15.0 Å². The van der Waals surface area contributed by atoms with Gasteiger partial charge in [-0.2, -0.15) is 0 Å². The summed E-state index contributed by atoms with van der Waals surface area (Å²) in [5.41, 5.74) is 0.936. The van der Waals surface area contributed by atoms with Gasteiger partial charge in [0.15, 0.2) is 5.82 Å². The summed E-state index contributed by atoms with van der Waals surface area (Å²) in [7, 11) is -2.46. The van der Waals surface area contributed by atoms with Crippen molar-refractivity contribution in [1.29, 1.82) is 0 Å². The van der Waals surface area contributed by atoms with Crippen molar-refractivity contribution < 1.29 is 18.3 Å². The van der Waals surface area contributed by atoms with Gasteiger partial charge in [0, 0.05) is 11.9 Å². The summed E-state index contributed by atoms with van der Waals surface area (Å²) in [5, 5.41) is 12.4. The van der Waals surface area contributed by atoms with E-state index < -0.39 is 10.0 Å². The zero-order valence-electron chi connectivity index (χ0n) is 13.9. The Morgan fingerprint density at radius 2 is 1.73 bits per heavy atom. The molecule has 0 amide bonds. The summed E-state index contributed by atoms with van der Waals surface area (Å²) in [6.07, 6.45) is 1.55. The molecule has 0 atom stereocenters. The van der Waals surface area contributed by atoms with E-state index >= 15 is 0 Å². The number of aromatic hydroxyl groups is 1. The number of phenols is 1. The van der Waals surface area contributed by atoms with Gasteiger partial charge in [0.1, 0.15) is 16.4 Å². The molecule has 3 rings (SSSR count). The van der Waals surface area contributed by atoms with Crippen LogP contribution in [0.1, 0.15) is 0 Å². The zero-order valence-corrected chi connectivity index (χ0v) is 14.7. The van der Waals surface area contributed by atoms with Crippen LogP contribution in [0.15, 0.2) is 71.8 Å². The first-order valence-electron chi connectivity index (χ1n) is 7.66. The maximum absolute atomic E-state index is 12.8. The van der Waals surface area contributed by atoms with Crippen LogP contribution in [0.5, 0.6) is 11.5 Å². The molecular weight excluding hydrogens is 354 g/mol. The van der Waals surface area contributed by atoms with E-state index in [0.717, 1.165) is 0 Å². The van der Waals surface area contributed by atoms with Crippen molar-refractivity contribution in [2.45, 2.75) is 4.90 Å². The number of sulfonamides is 1. The highest BCUT2D eigenvalue weighted by Crippen LogP contribution is 2.29. The number of benzene rings is 2. The minimum absolute atomic E-state index is 0.0296. The number of phenolic OH excluding ortho intramolecular Hbond substituents is 1. The summed E-state index contributed by atoms with van der Waals surface area (Å²) in [5.74, 6) is 0.710. The second-order valence-electron chi connectivity index (χ2n) is 5.33. The third-order valence-corrected chi connectivity index (χ3v) is 4.95. The molecule has 0 aliphatic rings. The number of nitrogens with one attached hydrogen (secondary N) is 2. The SMILES string of the molecule is COc1ccccc1S(=O)(=O)Nc1cccnc1Nc1ccc(O)cc1. The summed E-state index contributed by atoms with van der Waals surface area (Å²) >= 11 is 0. The summed E-state index contributed by atoms with van der Waals surface area (Å²) in [4.78, 5) is 4.21. The highest BCUT2D eigenvalue weighted by molar-refractivity contribution is 7.92. The van der Waals surface area contributed by atoms with E-state index in [0.29, 0.717) is 11.5 Å². The fourth-order valence-corrected chi connectivity index (χ4v) is 3.55. The number of nitrogens with zero attached hydrogens (tertiary/aromatic N) is 1. The van der Waals surface area contributed by atoms with Gasteiger partial charge in [0.25, 0.3) is 10.0 Å². The molecule has 0 saturated heterocycles. The Bertz CT molecular complexity index is 1000. The predicted molar refractivity (Wildman–Crippen MR) is 99.4 cm³/mol. The number of para-hydroxylation sites is 1. The Balaban J connectivity index is 1.91. The minimum atomic E-state index is -3.87. The van der Waals surface area contributed by atoms with Crippen molar-refractivity contribution >= 4 is 27.2 Å². The molecule has 3 aromatic rings. The van der Waals surface area contributed by atoms with Crippen LogP contribution >= 0.6 is 0 Å². The van der Waals surface area contributed by atoms with Crippen molar-refractivity contribution in [2.75, 3.05) is 17.1 Å². The molecule has 0 aliphatic heterocycles. The van der Waals surface area contributed by atoms with Crippen LogP contribution in [0.3, 0.4) is 0 Å². The number of rotatable bonds is 6. The maximum Gasteiger partial charge on any atom is 0.265 e. The Labute approximate surface area is 151 Å². The Morgan fingerprint density at radius 1 is 1.00 bits per heavy atom. The monoisotopic (exact) mass is 371 g/mol. The number of methoxy groups -OCH3 is 1. The van der Waals surface area contributed by atoms with E-state index in [1.807, 2.05) is 0 Å². The molecule has 0 bridgehead atoms. The first-order valence-corrected chi connectivity index (χ1v) is 9.15. The number of ether oxygens (including phenoxy) is 1. The van der Waals surface area contributed by atoms with Gasteiger partial charge in [-0.05, 0) is 48.5 Å². The normalized spacial score (nSPS) is 11.0. The van der Waals surface area contributed by atoms with Gasteiger partial charge in [0.2, 0.25) is 0 Å². The van der Waals surface area contributed by atoms with Crippen molar-refractivity contribution in [3.63, 3.8) is 0 Å². The van der Waals surface area contributed by atoms with Gasteiger partial charge in [-0.1, -0.05) is 12.1 Å². The second-order valence-corrected chi connectivity index (χ2v) is 6.98. The Hall–Kier alpha value is -3.26. The quantitative estimate of drug-likeness (QED) is 0.575. The van der Waals surface area contributed by atoms with E-state index in [9.17, 15) is 13.5 Å². The van der Waals surface area contributed by atoms with E-state index in [4.69, 9.17) is 4.74 Å². The molecule has 134 valence electrons. The first-order chi connectivity index (χ1) is 12.5. The molecule has 1 aromatic heterocycles. The van der Waals surface area contributed by atoms with Crippen LogP contribution < -0.4 is 14.8 Å². The maximum atomic E-state index is 12.8. The first kappa shape index (κ1) is 17.6. The molecular formula is C18H17N3O4S. The standard InChI is InChI=1S/C18H17N3O4S/c1-25-16-6-2-3-7-17(16)26(23,24)21-15-5-4-12-19-18(15)20-13-8-10-14(22)11-9-13/h2-12,21-22H,1H3,(H,19,20). The fourth-order valence-electron chi connectivity index (χ4n) is 2.31. The lowest BCUT2D eigenvalue weighted by Crippen LogP contribution is -2.15. The zero-order chi connectivity index (χ0) is 18.6. The van der Waals surface area contributed by atoms with Crippen LogP contribution in [0, 0.1) is 0 Å². The number of aromatic nitrogens is 1. The molecule has 0 saturated carbocycles. The molecule has 0 unspecified atom stereocenters. The highest BCUT2D eigenvalue weighted by Gasteiger charge is 2.20. The average molecular weight is 371 g/mol. The lowest BCUT2D eigenvalue weighted by molar-refractivity contribution is 0.403. The molecule has 0 fully saturated rings. The lowest BCUT2D eigenvalue weighted by Gasteiger charge is -2.14. The topological polar surface area (TPSA) is 101 Å². The molecule has 0 radical (unpaired) electrons. The number of hydrogen-bond acceptors (Lipinski definition) is 6. The Kier molecular flexibility index (Phi) is 4.94. The van der Waals surface area contributed by atoms with Crippen LogP contribution in [-0.2, 0) is 10.0 Å². The van der Waals surface area contributed by atoms with E-state index in [1.165, 1.54) is 25.3 Å². The lowest BCUT2D eigenvalue weighted by atomic mass is 10.3. The molecule has 2 aromatic carbocycles. The Morgan fingerprint density at radius 3 is 2.46 bits per heavy atom. The van der Waals surface area contributed by atoms with E-state index in [1.54, 1.807) is 48.7 Å². The van der Waals surface area contributed by atoms with E-state index in [-0.39, 0.29) is 22.1 Å². The fraction of sp³-hybridized carbons (Fsp3) is 0.0556. The largest absolute Gasteiger partial charge is 0.508 e. The van der Waals surface area contributed by atoms with Crippen molar-refractivity contribution in [2.24, 2.45) is 0 Å². The van der Waals surface area contributed by atoms with Crippen molar-refractivity contribution in [3.05, 3.63) is 66.9 Å². The molecule has 3 N–H and O–H groups in total. The molecule has 8 heteroatoms. The van der Waals surface area contributed by atoms with Gasteiger partial charge in [-0.3, -0.25) is 4.72 Å². The van der Waals surface area contributed by atoms with Crippen molar-refractivity contribution in [1.82, 2.24) is 4.98 Å². The van der Waals surface area contributed by atoms with Crippen LogP contribution in [0.25, 0.3) is 0 Å². The van der Waals surface area contributed by atoms with Crippen LogP contribution in [0.2, 0.25) is 0 Å². The molecule has 7 nitrogen and oxygen atoms in total. The third kappa shape index (κ3) is 3.86. The number of anilines is 3. The van der Waals surface area contributed by atoms with Crippen LogP contribution in [-0.4, -0.2) is 25.6 Å². The molecule has 0 aliphatic carbocycles. The van der Waals surface area contributed by atoms with Gasteiger partial charge >= 0.3 is 0 Å². The summed E-state index contributed by atoms with van der Waals surface area (Å²) in [6.45, 7) is 0. The van der Waals surface area contributed by atoms with Gasteiger partial charge in [-0.25, -0.2) is 13.4 Å². The number of pyridine rings is 1. The van der Waals surface area contributed by atoms with Gasteiger partial charge < -0.3 is 15.2 Å². The van der Waals surface area contributed by atoms with Gasteiger partial charge in [-0.15, -0.1) is 0 Å². The molecule has 1 heterocycles. The summed E-state index contributed by atoms with van der Waals surface area (Å²) < 4.78 is 33.2. The average Bonchev–Trinajstić information content (AvgIpc) is 2.65. The highest BCUT2D eigenvalue weighted by atomic mass is 32.2. The smallest absolute Gasteiger partial charge is 0.265 e. The second kappa shape index (κ2) is 7.32. The van der Waals surface area contributed by atoms with Gasteiger partial charge in [0.05, 0.1) is 12.8 Å². The minimum Gasteiger partial charge on any atom is -0.508 e. The van der Waals surface area contributed by atoms with Crippen molar-refractivity contribution in [3.8, 4) is 11.5 Å². The van der Waals surface area contributed by atoms with Crippen LogP contribution in [0.4, 0.5) is 17.2 Å². The third-order valence-electron chi connectivity index (χ3n) is 3.54.